The second-order valence-corrected chi connectivity index (χ2v) is 5.31. The molecule has 0 radical (unpaired) electrons. The largest absolute Gasteiger partial charge is 0.380 e. The van der Waals surface area contributed by atoms with Crippen LogP contribution >= 0.6 is 0 Å². The summed E-state index contributed by atoms with van der Waals surface area (Å²) in [6.07, 6.45) is 3.52. The molecule has 5 nitrogen and oxygen atoms in total. The summed E-state index contributed by atoms with van der Waals surface area (Å²) in [6, 6.07) is 11.4. The summed E-state index contributed by atoms with van der Waals surface area (Å²) in [4.78, 5) is 18.3. The van der Waals surface area contributed by atoms with Gasteiger partial charge in [0.15, 0.2) is 0 Å². The van der Waals surface area contributed by atoms with E-state index in [0.717, 1.165) is 17.8 Å². The molecule has 1 amide bonds. The van der Waals surface area contributed by atoms with E-state index in [1.54, 1.807) is 12.4 Å². The number of hydrogen-bond donors (Lipinski definition) is 2. The topological polar surface area (TPSA) is 57.3 Å². The van der Waals surface area contributed by atoms with Gasteiger partial charge in [0.1, 0.15) is 0 Å². The van der Waals surface area contributed by atoms with Gasteiger partial charge >= 0.3 is 0 Å². The standard InChI is InChI=1S/C17H22N4O/c1-21(2)12-11-19-17(22)15-5-3-4-6-16(15)20-13-14-7-9-18-10-8-14/h3-10,20H,11-13H2,1-2H3,(H,19,22). The SMILES string of the molecule is CN(C)CCNC(=O)c1ccccc1NCc1ccncc1. The molecule has 1 aromatic carbocycles. The summed E-state index contributed by atoms with van der Waals surface area (Å²) in [7, 11) is 3.97. The van der Waals surface area contributed by atoms with Gasteiger partial charge in [0, 0.05) is 37.7 Å². The Morgan fingerprint density at radius 2 is 1.86 bits per heavy atom. The Kier molecular flexibility index (Phi) is 5.91. The zero-order valence-electron chi connectivity index (χ0n) is 13.0. The lowest BCUT2D eigenvalue weighted by Crippen LogP contribution is -2.31. The van der Waals surface area contributed by atoms with E-state index >= 15 is 0 Å². The summed E-state index contributed by atoms with van der Waals surface area (Å²) in [6.45, 7) is 2.10. The number of anilines is 1. The molecule has 0 aliphatic heterocycles. The Morgan fingerprint density at radius 3 is 2.59 bits per heavy atom. The minimum absolute atomic E-state index is 0.0559. The summed E-state index contributed by atoms with van der Waals surface area (Å²) >= 11 is 0. The zero-order chi connectivity index (χ0) is 15.8. The van der Waals surface area contributed by atoms with Crippen molar-refractivity contribution in [2.24, 2.45) is 0 Å². The first-order valence-corrected chi connectivity index (χ1v) is 7.31. The smallest absolute Gasteiger partial charge is 0.253 e. The average molecular weight is 298 g/mol. The van der Waals surface area contributed by atoms with Crippen LogP contribution in [0, 0.1) is 0 Å². The van der Waals surface area contributed by atoms with Crippen LogP contribution in [0.2, 0.25) is 0 Å². The predicted molar refractivity (Wildman–Crippen MR) is 88.9 cm³/mol. The van der Waals surface area contributed by atoms with Crippen LogP contribution in [-0.2, 0) is 6.54 Å². The third kappa shape index (κ3) is 4.86. The highest BCUT2D eigenvalue weighted by molar-refractivity contribution is 5.99. The molecule has 2 N–H and O–H groups in total. The normalized spacial score (nSPS) is 10.5. The first-order valence-electron chi connectivity index (χ1n) is 7.31. The van der Waals surface area contributed by atoms with Crippen molar-refractivity contribution in [3.8, 4) is 0 Å². The Balaban J connectivity index is 1.98. The second kappa shape index (κ2) is 8.14. The van der Waals surface area contributed by atoms with Crippen LogP contribution in [0.25, 0.3) is 0 Å². The van der Waals surface area contributed by atoms with E-state index in [0.29, 0.717) is 18.7 Å². The highest BCUT2D eigenvalue weighted by atomic mass is 16.1. The van der Waals surface area contributed by atoms with Gasteiger partial charge in [-0.3, -0.25) is 9.78 Å². The van der Waals surface area contributed by atoms with Crippen molar-refractivity contribution in [3.05, 3.63) is 59.9 Å². The van der Waals surface area contributed by atoms with Gasteiger partial charge in [-0.1, -0.05) is 12.1 Å². The van der Waals surface area contributed by atoms with Crippen molar-refractivity contribution in [2.45, 2.75) is 6.54 Å². The van der Waals surface area contributed by atoms with Crippen molar-refractivity contribution in [2.75, 3.05) is 32.5 Å². The maximum Gasteiger partial charge on any atom is 0.253 e. The fourth-order valence-electron chi connectivity index (χ4n) is 2.02. The molecule has 22 heavy (non-hydrogen) atoms. The quantitative estimate of drug-likeness (QED) is 0.821. The van der Waals surface area contributed by atoms with Crippen molar-refractivity contribution >= 4 is 11.6 Å². The molecule has 0 fully saturated rings. The molecule has 0 spiro atoms. The Labute approximate surface area is 131 Å². The van der Waals surface area contributed by atoms with Gasteiger partial charge in [0.2, 0.25) is 0 Å². The van der Waals surface area contributed by atoms with Gasteiger partial charge in [0.25, 0.3) is 5.91 Å². The van der Waals surface area contributed by atoms with Crippen molar-refractivity contribution in [3.63, 3.8) is 0 Å². The highest BCUT2D eigenvalue weighted by Crippen LogP contribution is 2.16. The van der Waals surface area contributed by atoms with Crippen molar-refractivity contribution < 1.29 is 4.79 Å². The summed E-state index contributed by atoms with van der Waals surface area (Å²) < 4.78 is 0. The number of aromatic nitrogens is 1. The molecule has 5 heteroatoms. The van der Waals surface area contributed by atoms with E-state index in [4.69, 9.17) is 0 Å². The molecule has 0 aliphatic rings. The molecular weight excluding hydrogens is 276 g/mol. The average Bonchev–Trinajstić information content (AvgIpc) is 2.54. The minimum Gasteiger partial charge on any atom is -0.380 e. The van der Waals surface area contributed by atoms with Crippen molar-refractivity contribution in [1.82, 2.24) is 15.2 Å². The molecule has 2 rings (SSSR count). The van der Waals surface area contributed by atoms with Gasteiger partial charge in [-0.05, 0) is 43.9 Å². The number of amides is 1. The molecule has 0 unspecified atom stereocenters. The molecule has 0 bridgehead atoms. The first-order chi connectivity index (χ1) is 10.7. The predicted octanol–water partition coefficient (Wildman–Crippen LogP) is 1.99. The lowest BCUT2D eigenvalue weighted by molar-refractivity contribution is 0.0952. The number of carbonyl (C=O) groups excluding carboxylic acids is 1. The summed E-state index contributed by atoms with van der Waals surface area (Å²) in [5.74, 6) is -0.0559. The van der Waals surface area contributed by atoms with Crippen molar-refractivity contribution in [1.29, 1.82) is 0 Å². The summed E-state index contributed by atoms with van der Waals surface area (Å²) in [5.41, 5.74) is 2.62. The number of carbonyl (C=O) groups is 1. The van der Waals surface area contributed by atoms with Crippen LogP contribution in [0.5, 0.6) is 0 Å². The number of nitrogens with one attached hydrogen (secondary N) is 2. The van der Waals surface area contributed by atoms with Crippen LogP contribution in [0.15, 0.2) is 48.8 Å². The lowest BCUT2D eigenvalue weighted by atomic mass is 10.1. The maximum absolute atomic E-state index is 12.3. The Hall–Kier alpha value is -2.40. The van der Waals surface area contributed by atoms with E-state index < -0.39 is 0 Å². The fourth-order valence-corrected chi connectivity index (χ4v) is 2.02. The molecule has 1 aromatic heterocycles. The lowest BCUT2D eigenvalue weighted by Gasteiger charge is -2.14. The zero-order valence-corrected chi connectivity index (χ0v) is 13.0. The van der Waals surface area contributed by atoms with Crippen LogP contribution in [0.4, 0.5) is 5.69 Å². The first kappa shape index (κ1) is 16.0. The van der Waals surface area contributed by atoms with Gasteiger partial charge in [-0.25, -0.2) is 0 Å². The summed E-state index contributed by atoms with van der Waals surface area (Å²) in [5, 5.41) is 6.25. The fraction of sp³-hybridized carbons (Fsp3) is 0.294. The second-order valence-electron chi connectivity index (χ2n) is 5.31. The van der Waals surface area contributed by atoms with E-state index in [1.165, 1.54) is 0 Å². The number of pyridine rings is 1. The van der Waals surface area contributed by atoms with Crippen LogP contribution in [-0.4, -0.2) is 43.0 Å². The molecule has 0 saturated heterocycles. The Bertz CT molecular complexity index is 599. The van der Waals surface area contributed by atoms with E-state index in [1.807, 2.05) is 55.4 Å². The molecule has 2 aromatic rings. The number of nitrogens with zero attached hydrogens (tertiary/aromatic N) is 2. The van der Waals surface area contributed by atoms with E-state index in [2.05, 4.69) is 15.6 Å². The molecule has 0 aliphatic carbocycles. The maximum atomic E-state index is 12.3. The number of likely N-dealkylation sites (N-methyl/N-ethyl adjacent to an activating group) is 1. The Morgan fingerprint density at radius 1 is 1.14 bits per heavy atom. The number of para-hydroxylation sites is 1. The number of hydrogen-bond acceptors (Lipinski definition) is 4. The highest BCUT2D eigenvalue weighted by Gasteiger charge is 2.10. The van der Waals surface area contributed by atoms with Crippen LogP contribution in [0.1, 0.15) is 15.9 Å². The van der Waals surface area contributed by atoms with Gasteiger partial charge in [-0.2, -0.15) is 0 Å². The third-order valence-corrected chi connectivity index (χ3v) is 3.25. The third-order valence-electron chi connectivity index (χ3n) is 3.25. The molecule has 1 heterocycles. The molecule has 116 valence electrons. The minimum atomic E-state index is -0.0559. The molecular formula is C17H22N4O. The molecule has 0 saturated carbocycles. The van der Waals surface area contributed by atoms with E-state index in [9.17, 15) is 4.79 Å². The van der Waals surface area contributed by atoms with Crippen LogP contribution < -0.4 is 10.6 Å². The molecule has 0 atom stereocenters. The monoisotopic (exact) mass is 298 g/mol. The number of benzene rings is 1. The van der Waals surface area contributed by atoms with E-state index in [-0.39, 0.29) is 5.91 Å². The van der Waals surface area contributed by atoms with Crippen LogP contribution in [0.3, 0.4) is 0 Å². The number of rotatable bonds is 7. The van der Waals surface area contributed by atoms with Gasteiger partial charge in [-0.15, -0.1) is 0 Å². The van der Waals surface area contributed by atoms with Gasteiger partial charge < -0.3 is 15.5 Å². The van der Waals surface area contributed by atoms with Gasteiger partial charge in [0.05, 0.1) is 5.56 Å².